The molecule has 50 heavy (non-hydrogen) atoms. The van der Waals surface area contributed by atoms with Crippen LogP contribution in [0.1, 0.15) is 50.7 Å². The number of benzene rings is 6. The van der Waals surface area contributed by atoms with E-state index in [-0.39, 0.29) is 21.7 Å². The summed E-state index contributed by atoms with van der Waals surface area (Å²) >= 11 is 0. The van der Waals surface area contributed by atoms with Gasteiger partial charge in [0.2, 0.25) is 0 Å². The van der Waals surface area contributed by atoms with Gasteiger partial charge >= 0.3 is 21.7 Å². The number of unbranched alkanes of at least 4 members (excludes halogenated alkanes) is 2. The van der Waals surface area contributed by atoms with Gasteiger partial charge in [-0.2, -0.15) is 12.8 Å². The normalized spacial score (nSPS) is 11.2. The van der Waals surface area contributed by atoms with Crippen LogP contribution in [0.25, 0.3) is 43.1 Å². The van der Waals surface area contributed by atoms with E-state index in [1.807, 2.05) is 0 Å². The molecule has 0 aromatic heterocycles. The molecule has 8 aromatic rings. The number of rotatable bonds is 6. The summed E-state index contributed by atoms with van der Waals surface area (Å²) in [6.45, 7) is 16.1. The first-order valence-corrected chi connectivity index (χ1v) is 19.9. The van der Waals surface area contributed by atoms with Crippen LogP contribution < -0.4 is 20.7 Å². The average molecular weight is 701 g/mol. The fourth-order valence-electron chi connectivity index (χ4n) is 7.59. The van der Waals surface area contributed by atoms with Gasteiger partial charge in [0.1, 0.15) is 0 Å². The van der Waals surface area contributed by atoms with Gasteiger partial charge in [-0.3, -0.25) is 0 Å². The molecule has 0 fully saturated rings. The summed E-state index contributed by atoms with van der Waals surface area (Å²) in [5.41, 5.74) is 2.76. The molecule has 0 nitrogen and oxygen atoms in total. The maximum absolute atomic E-state index is 3.60. The zero-order chi connectivity index (χ0) is 34.4. The first kappa shape index (κ1) is 37.3. The molecular weight excluding hydrogens is 652 g/mol. The summed E-state index contributed by atoms with van der Waals surface area (Å²) in [7, 11) is -2.85. The minimum absolute atomic E-state index is 0. The Kier molecular flexibility index (Phi) is 12.5. The Morgan fingerprint density at radius 2 is 0.820 bits per heavy atom. The molecule has 0 heterocycles. The van der Waals surface area contributed by atoms with Crippen molar-refractivity contribution in [2.45, 2.75) is 53.4 Å². The molecule has 0 saturated carbocycles. The van der Waals surface area contributed by atoms with Crippen LogP contribution in [0.4, 0.5) is 0 Å². The Balaban J connectivity index is 0.000000492. The molecule has 0 spiro atoms. The van der Waals surface area contributed by atoms with Gasteiger partial charge in [0.25, 0.3) is 0 Å². The van der Waals surface area contributed by atoms with Crippen molar-refractivity contribution in [3.05, 3.63) is 171 Å². The van der Waals surface area contributed by atoms with E-state index in [1.54, 1.807) is 0 Å². The average Bonchev–Trinajstić information content (AvgIpc) is 3.69. The van der Waals surface area contributed by atoms with Gasteiger partial charge in [0.05, 0.1) is 8.07 Å². The first-order valence-electron chi connectivity index (χ1n) is 17.9. The van der Waals surface area contributed by atoms with Crippen LogP contribution in [0.3, 0.4) is 0 Å². The van der Waals surface area contributed by atoms with E-state index in [0.29, 0.717) is 0 Å². The van der Waals surface area contributed by atoms with Gasteiger partial charge in [-0.15, -0.1) is 67.3 Å². The van der Waals surface area contributed by atoms with E-state index in [9.17, 15) is 0 Å². The fraction of sp³-hybridized carbons (Fsp3) is 0.167. The molecule has 0 amide bonds. The molecule has 0 aliphatic carbocycles. The summed E-state index contributed by atoms with van der Waals surface area (Å²) in [5, 5.41) is 16.7. The quantitative estimate of drug-likeness (QED) is 0.120. The van der Waals surface area contributed by atoms with Crippen molar-refractivity contribution in [1.29, 1.82) is 0 Å². The zero-order valence-electron chi connectivity index (χ0n) is 30.1. The monoisotopic (exact) mass is 700 g/mol. The standard InChI is InChI=1S/C40H30Si.2C4H9.Ti/c1-27-25-31-23-21-29-13-9-11-19-35(29)37(31)39(27)41(33-15-5-3-6-16-33,34-17-7-4-8-18-34)40-28(2)26-32-24-22-30-14-10-12-20-36(30)38(32)40;2*1-3-4-2;/h3-26H,1-2H3;2*1,3-4H2,2H3;/q-2;2*-1;+4. The van der Waals surface area contributed by atoms with Crippen LogP contribution in [-0.2, 0) is 21.7 Å². The Morgan fingerprint density at radius 1 is 0.480 bits per heavy atom. The van der Waals surface area contributed by atoms with Crippen molar-refractivity contribution in [3.63, 3.8) is 0 Å². The topological polar surface area (TPSA) is 0 Å². The van der Waals surface area contributed by atoms with Crippen molar-refractivity contribution >= 4 is 71.9 Å². The van der Waals surface area contributed by atoms with Gasteiger partial charge in [-0.1, -0.05) is 183 Å². The second kappa shape index (κ2) is 16.8. The predicted molar refractivity (Wildman–Crippen MR) is 221 cm³/mol. The van der Waals surface area contributed by atoms with Crippen molar-refractivity contribution in [3.8, 4) is 0 Å². The van der Waals surface area contributed by atoms with Crippen molar-refractivity contribution in [2.24, 2.45) is 0 Å². The summed E-state index contributed by atoms with van der Waals surface area (Å²) in [6.07, 6.45) is 4.56. The third kappa shape index (κ3) is 6.72. The van der Waals surface area contributed by atoms with Crippen LogP contribution >= 0.6 is 0 Å². The second-order valence-electron chi connectivity index (χ2n) is 13.1. The molecule has 8 aromatic carbocycles. The fourth-order valence-corrected chi connectivity index (χ4v) is 13.4. The molecule has 0 atom stereocenters. The Hall–Kier alpha value is -4.01. The van der Waals surface area contributed by atoms with Crippen molar-refractivity contribution in [1.82, 2.24) is 0 Å². The molecule has 248 valence electrons. The minimum atomic E-state index is -2.85. The van der Waals surface area contributed by atoms with Crippen molar-refractivity contribution in [2.75, 3.05) is 0 Å². The van der Waals surface area contributed by atoms with Crippen LogP contribution in [-0.4, -0.2) is 8.07 Å². The van der Waals surface area contributed by atoms with E-state index >= 15 is 0 Å². The summed E-state index contributed by atoms with van der Waals surface area (Å²) in [4.78, 5) is 0. The third-order valence-electron chi connectivity index (χ3n) is 9.83. The maximum atomic E-state index is 3.60. The number of aryl methyl sites for hydroxylation is 2. The van der Waals surface area contributed by atoms with E-state index in [4.69, 9.17) is 0 Å². The van der Waals surface area contributed by atoms with E-state index < -0.39 is 8.07 Å². The molecule has 0 aliphatic heterocycles. The van der Waals surface area contributed by atoms with Crippen molar-refractivity contribution < 1.29 is 21.7 Å². The number of hydrogen-bond donors (Lipinski definition) is 0. The minimum Gasteiger partial charge on any atom is -0.343 e. The number of hydrogen-bond acceptors (Lipinski definition) is 0. The van der Waals surface area contributed by atoms with Gasteiger partial charge in [-0.05, 0) is 10.8 Å². The molecule has 0 unspecified atom stereocenters. The molecule has 0 N–H and O–H groups in total. The van der Waals surface area contributed by atoms with Crippen LogP contribution in [0.2, 0.25) is 0 Å². The Morgan fingerprint density at radius 3 is 1.18 bits per heavy atom. The summed E-state index contributed by atoms with van der Waals surface area (Å²) in [5.74, 6) is 0. The Bertz CT molecular complexity index is 2120. The largest absolute Gasteiger partial charge is 4.00 e. The molecule has 2 heteroatoms. The predicted octanol–water partition coefficient (Wildman–Crippen LogP) is 11.0. The molecule has 0 aliphatic rings. The number of fused-ring (bicyclic) bond motifs is 6. The van der Waals surface area contributed by atoms with E-state index in [1.165, 1.54) is 87.8 Å². The van der Waals surface area contributed by atoms with Gasteiger partial charge in [0, 0.05) is 0 Å². The van der Waals surface area contributed by atoms with Crippen LogP contribution in [0.15, 0.2) is 146 Å². The van der Waals surface area contributed by atoms with Crippen LogP contribution in [0, 0.1) is 27.7 Å². The maximum Gasteiger partial charge on any atom is 4.00 e. The molecule has 0 radical (unpaired) electrons. The van der Waals surface area contributed by atoms with E-state index in [2.05, 4.69) is 187 Å². The molecule has 8 rings (SSSR count). The smallest absolute Gasteiger partial charge is 0.343 e. The Labute approximate surface area is 315 Å². The SMILES string of the molecule is Cc1[cH-]c2ccc3ccccc3c2c1[Si](c1ccccc1)(c1ccccc1)c1c(C)[cH-]c2ccc3ccccc3c12.[CH2-]CCC.[CH2-]CCC.[Ti+4]. The zero-order valence-corrected chi connectivity index (χ0v) is 32.7. The van der Waals surface area contributed by atoms with Gasteiger partial charge in [0.15, 0.2) is 0 Å². The van der Waals surface area contributed by atoms with E-state index in [0.717, 1.165) is 12.8 Å². The summed E-state index contributed by atoms with van der Waals surface area (Å²) < 4.78 is 0. The third-order valence-corrected chi connectivity index (χ3v) is 15.0. The molecular formula is C48H48SiTi. The molecule has 0 bridgehead atoms. The second-order valence-corrected chi connectivity index (χ2v) is 16.8. The molecule has 0 saturated heterocycles. The van der Waals surface area contributed by atoms with Crippen LogP contribution in [0.5, 0.6) is 0 Å². The summed E-state index contributed by atoms with van der Waals surface area (Å²) in [6, 6.07) is 54.8. The van der Waals surface area contributed by atoms with Gasteiger partial charge < -0.3 is 13.8 Å². The first-order chi connectivity index (χ1) is 24.0. The van der Waals surface area contributed by atoms with Gasteiger partial charge in [-0.25, -0.2) is 0 Å².